The number of aryl methyl sites for hydroxylation is 2. The molecule has 0 amide bonds. The molecule has 0 saturated carbocycles. The van der Waals surface area contributed by atoms with E-state index in [9.17, 15) is 0 Å². The maximum atomic E-state index is 6.13. The van der Waals surface area contributed by atoms with Gasteiger partial charge in [0.05, 0.1) is 19.4 Å². The third-order valence-corrected chi connectivity index (χ3v) is 3.14. The van der Waals surface area contributed by atoms with Crippen LogP contribution < -0.4 is 10.5 Å². The zero-order valence-electron chi connectivity index (χ0n) is 10.8. The van der Waals surface area contributed by atoms with Crippen LogP contribution in [0.4, 0.5) is 0 Å². The Bertz CT molecular complexity index is 487. The molecule has 0 aliphatic heterocycles. The van der Waals surface area contributed by atoms with Crippen molar-refractivity contribution < 1.29 is 9.15 Å². The molecule has 96 valence electrons. The van der Waals surface area contributed by atoms with Crippen LogP contribution in [0.5, 0.6) is 5.75 Å². The molecule has 2 aromatic rings. The topological polar surface area (TPSA) is 48.4 Å². The van der Waals surface area contributed by atoms with Gasteiger partial charge in [-0.3, -0.25) is 0 Å². The van der Waals surface area contributed by atoms with Gasteiger partial charge in [-0.15, -0.1) is 0 Å². The summed E-state index contributed by atoms with van der Waals surface area (Å²) in [6, 6.07) is 9.99. The first-order chi connectivity index (χ1) is 8.70. The van der Waals surface area contributed by atoms with Gasteiger partial charge >= 0.3 is 0 Å². The molecule has 3 heteroatoms. The molecule has 18 heavy (non-hydrogen) atoms. The summed E-state index contributed by atoms with van der Waals surface area (Å²) < 4.78 is 10.5. The minimum atomic E-state index is -0.0397. The van der Waals surface area contributed by atoms with Crippen LogP contribution in [0.1, 0.15) is 29.3 Å². The lowest BCUT2D eigenvalue weighted by atomic mass is 10.0. The number of benzene rings is 1. The van der Waals surface area contributed by atoms with Crippen molar-refractivity contribution in [3.8, 4) is 5.75 Å². The molecule has 1 aromatic heterocycles. The molecule has 1 aromatic carbocycles. The van der Waals surface area contributed by atoms with E-state index in [1.165, 1.54) is 5.56 Å². The summed E-state index contributed by atoms with van der Waals surface area (Å²) in [7, 11) is 1.67. The van der Waals surface area contributed by atoms with Crippen LogP contribution >= 0.6 is 0 Å². The summed E-state index contributed by atoms with van der Waals surface area (Å²) in [6.07, 6.45) is 3.50. The standard InChI is InChI=1S/C15H19NO2/c1-11-9-10-18-15(11)14(16)8-5-12-3-6-13(17-2)7-4-12/h3-4,6-7,9-10,14H,5,8,16H2,1-2H3. The van der Waals surface area contributed by atoms with Crippen LogP contribution in [-0.4, -0.2) is 7.11 Å². The maximum Gasteiger partial charge on any atom is 0.123 e. The van der Waals surface area contributed by atoms with Gasteiger partial charge in [-0.25, -0.2) is 0 Å². The molecule has 0 aliphatic rings. The van der Waals surface area contributed by atoms with Crippen LogP contribution in [0.25, 0.3) is 0 Å². The average molecular weight is 245 g/mol. The predicted molar refractivity (Wildman–Crippen MR) is 71.7 cm³/mol. The van der Waals surface area contributed by atoms with Crippen molar-refractivity contribution in [3.05, 3.63) is 53.5 Å². The summed E-state index contributed by atoms with van der Waals surface area (Å²) >= 11 is 0. The number of hydrogen-bond acceptors (Lipinski definition) is 3. The zero-order chi connectivity index (χ0) is 13.0. The highest BCUT2D eigenvalue weighted by atomic mass is 16.5. The molecule has 0 spiro atoms. The molecule has 0 radical (unpaired) electrons. The Labute approximate surface area is 108 Å². The van der Waals surface area contributed by atoms with Crippen LogP contribution in [0.2, 0.25) is 0 Å². The molecule has 1 unspecified atom stereocenters. The van der Waals surface area contributed by atoms with Gasteiger partial charge in [0.2, 0.25) is 0 Å². The van der Waals surface area contributed by atoms with Crippen molar-refractivity contribution in [2.45, 2.75) is 25.8 Å². The third kappa shape index (κ3) is 2.93. The van der Waals surface area contributed by atoms with E-state index < -0.39 is 0 Å². The summed E-state index contributed by atoms with van der Waals surface area (Å²) in [5.74, 6) is 1.77. The summed E-state index contributed by atoms with van der Waals surface area (Å²) in [6.45, 7) is 2.02. The lowest BCUT2D eigenvalue weighted by Gasteiger charge is -2.10. The van der Waals surface area contributed by atoms with Gasteiger partial charge < -0.3 is 14.9 Å². The van der Waals surface area contributed by atoms with Crippen molar-refractivity contribution in [3.63, 3.8) is 0 Å². The Kier molecular flexibility index (Phi) is 4.05. The lowest BCUT2D eigenvalue weighted by molar-refractivity contribution is 0.414. The fraction of sp³-hybridized carbons (Fsp3) is 0.333. The van der Waals surface area contributed by atoms with Crippen LogP contribution in [0.15, 0.2) is 41.0 Å². The predicted octanol–water partition coefficient (Wildman–Crippen LogP) is 3.23. The maximum absolute atomic E-state index is 6.13. The highest BCUT2D eigenvalue weighted by Crippen LogP contribution is 2.21. The first kappa shape index (κ1) is 12.7. The molecule has 2 N–H and O–H groups in total. The molecule has 1 atom stereocenters. The largest absolute Gasteiger partial charge is 0.497 e. The van der Waals surface area contributed by atoms with Gasteiger partial charge in [-0.05, 0) is 49.1 Å². The first-order valence-corrected chi connectivity index (χ1v) is 6.13. The van der Waals surface area contributed by atoms with Gasteiger partial charge in [0.15, 0.2) is 0 Å². The van der Waals surface area contributed by atoms with E-state index in [1.807, 2.05) is 25.1 Å². The number of nitrogens with two attached hydrogens (primary N) is 1. The minimum Gasteiger partial charge on any atom is -0.497 e. The molecule has 0 saturated heterocycles. The average Bonchev–Trinajstić information content (AvgIpc) is 2.83. The summed E-state index contributed by atoms with van der Waals surface area (Å²) in [4.78, 5) is 0. The zero-order valence-corrected chi connectivity index (χ0v) is 10.8. The van der Waals surface area contributed by atoms with Gasteiger partial charge in [-0.1, -0.05) is 12.1 Å². The number of ether oxygens (including phenoxy) is 1. The highest BCUT2D eigenvalue weighted by molar-refractivity contribution is 5.27. The smallest absolute Gasteiger partial charge is 0.123 e. The molecular weight excluding hydrogens is 226 g/mol. The second kappa shape index (κ2) is 5.74. The van der Waals surface area contributed by atoms with Crippen molar-refractivity contribution >= 4 is 0 Å². The quantitative estimate of drug-likeness (QED) is 0.879. The lowest BCUT2D eigenvalue weighted by Crippen LogP contribution is -2.11. The molecule has 2 rings (SSSR count). The van der Waals surface area contributed by atoms with E-state index in [0.29, 0.717) is 0 Å². The Hall–Kier alpha value is -1.74. The second-order valence-electron chi connectivity index (χ2n) is 4.46. The highest BCUT2D eigenvalue weighted by Gasteiger charge is 2.12. The monoisotopic (exact) mass is 245 g/mol. The van der Waals surface area contributed by atoms with E-state index in [4.69, 9.17) is 14.9 Å². The molecule has 3 nitrogen and oxygen atoms in total. The number of furan rings is 1. The van der Waals surface area contributed by atoms with Crippen LogP contribution in [-0.2, 0) is 6.42 Å². The van der Waals surface area contributed by atoms with E-state index in [-0.39, 0.29) is 6.04 Å². The SMILES string of the molecule is COc1ccc(CCC(N)c2occc2C)cc1. The van der Waals surface area contributed by atoms with Crippen molar-refractivity contribution in [1.29, 1.82) is 0 Å². The summed E-state index contributed by atoms with van der Waals surface area (Å²) in [5, 5.41) is 0. The van der Waals surface area contributed by atoms with Crippen LogP contribution in [0.3, 0.4) is 0 Å². The number of methoxy groups -OCH3 is 1. The van der Waals surface area contributed by atoms with Gasteiger partial charge in [0.1, 0.15) is 11.5 Å². The molecular formula is C15H19NO2. The fourth-order valence-corrected chi connectivity index (χ4v) is 2.01. The molecule has 0 bridgehead atoms. The van der Waals surface area contributed by atoms with Gasteiger partial charge in [0, 0.05) is 0 Å². The number of hydrogen-bond donors (Lipinski definition) is 1. The number of rotatable bonds is 5. The van der Waals surface area contributed by atoms with E-state index in [1.54, 1.807) is 13.4 Å². The van der Waals surface area contributed by atoms with Crippen molar-refractivity contribution in [2.24, 2.45) is 5.73 Å². The Balaban J connectivity index is 1.93. The molecule has 1 heterocycles. The second-order valence-corrected chi connectivity index (χ2v) is 4.46. The van der Waals surface area contributed by atoms with Crippen molar-refractivity contribution in [2.75, 3.05) is 7.11 Å². The minimum absolute atomic E-state index is 0.0397. The molecule has 0 fully saturated rings. The Morgan fingerprint density at radius 2 is 1.94 bits per heavy atom. The molecule has 0 aliphatic carbocycles. The fourth-order valence-electron chi connectivity index (χ4n) is 2.01. The first-order valence-electron chi connectivity index (χ1n) is 6.13. The van der Waals surface area contributed by atoms with E-state index >= 15 is 0 Å². The van der Waals surface area contributed by atoms with E-state index in [2.05, 4.69) is 12.1 Å². The normalized spacial score (nSPS) is 12.4. The van der Waals surface area contributed by atoms with Gasteiger partial charge in [0.25, 0.3) is 0 Å². The third-order valence-electron chi connectivity index (χ3n) is 3.14. The Morgan fingerprint density at radius 3 is 2.50 bits per heavy atom. The van der Waals surface area contributed by atoms with Gasteiger partial charge in [-0.2, -0.15) is 0 Å². The summed E-state index contributed by atoms with van der Waals surface area (Å²) in [5.41, 5.74) is 8.51. The van der Waals surface area contributed by atoms with Crippen molar-refractivity contribution in [1.82, 2.24) is 0 Å². The van der Waals surface area contributed by atoms with E-state index in [0.717, 1.165) is 29.9 Å². The van der Waals surface area contributed by atoms with Crippen LogP contribution in [0, 0.1) is 6.92 Å². The Morgan fingerprint density at radius 1 is 1.22 bits per heavy atom.